The first-order valence-electron chi connectivity index (χ1n) is 19.6. The van der Waals surface area contributed by atoms with Gasteiger partial charge >= 0.3 is 0 Å². The summed E-state index contributed by atoms with van der Waals surface area (Å²) in [5.41, 5.74) is 2.43. The van der Waals surface area contributed by atoms with Gasteiger partial charge in [0.2, 0.25) is 0 Å². The van der Waals surface area contributed by atoms with Gasteiger partial charge in [-0.2, -0.15) is 0 Å². The minimum Gasteiger partial charge on any atom is -0.490 e. The second-order valence-electron chi connectivity index (χ2n) is 16.7. The Morgan fingerprint density at radius 3 is 2.85 bits per heavy atom. The van der Waals surface area contributed by atoms with Crippen LogP contribution in [-0.2, 0) is 32.8 Å². The van der Waals surface area contributed by atoms with E-state index in [-0.39, 0.29) is 29.2 Å². The Labute approximate surface area is 325 Å². The summed E-state index contributed by atoms with van der Waals surface area (Å²) in [6.07, 6.45) is 15.2. The number of benzene rings is 2. The molecule has 2 bridgehead atoms. The van der Waals surface area contributed by atoms with Gasteiger partial charge in [0.25, 0.3) is 5.91 Å². The summed E-state index contributed by atoms with van der Waals surface area (Å²) in [5, 5.41) is 13.4. The number of aliphatic hydroxyl groups is 1. The highest BCUT2D eigenvalue weighted by Crippen LogP contribution is 2.48. The van der Waals surface area contributed by atoms with Crippen molar-refractivity contribution in [3.05, 3.63) is 89.0 Å². The van der Waals surface area contributed by atoms with E-state index in [4.69, 9.17) is 21.1 Å². The summed E-state index contributed by atoms with van der Waals surface area (Å²) >= 11 is 6.51. The number of amides is 1. The van der Waals surface area contributed by atoms with Crippen LogP contribution >= 0.6 is 11.6 Å². The zero-order valence-corrected chi connectivity index (χ0v) is 33.1. The Morgan fingerprint density at radius 1 is 1.19 bits per heavy atom. The molecule has 2 aliphatic carbocycles. The van der Waals surface area contributed by atoms with Crippen molar-refractivity contribution >= 4 is 38.8 Å². The van der Waals surface area contributed by atoms with E-state index >= 15 is 0 Å². The number of imidazole rings is 1. The lowest BCUT2D eigenvalue weighted by Crippen LogP contribution is -2.59. The minimum atomic E-state index is -3.01. The largest absolute Gasteiger partial charge is 0.490 e. The molecule has 10 nitrogen and oxygen atoms in total. The molecule has 5 aliphatic rings. The van der Waals surface area contributed by atoms with Crippen LogP contribution in [0.5, 0.6) is 5.75 Å². The summed E-state index contributed by atoms with van der Waals surface area (Å²) in [6.45, 7) is 9.00. The third kappa shape index (κ3) is 7.34. The molecule has 1 saturated heterocycles. The maximum Gasteiger partial charge on any atom is 0.262 e. The quantitative estimate of drug-likeness (QED) is 0.264. The average Bonchev–Trinajstić information content (AvgIpc) is 3.59. The lowest BCUT2D eigenvalue weighted by atomic mass is 9.63. The number of carbonyl (C=O) groups excluding carboxylic acids is 1. The number of nitrogens with zero attached hydrogens (tertiary/aromatic N) is 4. The number of anilines is 1. The molecule has 1 aromatic heterocycles. The second-order valence-corrected chi connectivity index (χ2v) is 19.5. The average molecular weight is 776 g/mol. The SMILES string of the molecule is C=S1(=O)NC(=O)c2ccc3c(c2)N(C[C@@H]2CC[C@H]2[C@](O)(CN2CCOC[C@@H]2Cn2ccnc2)/C=C/C[C@H](C)[C@H]1C)C[C@@]1(CCCc2cc(Cl)ccc21)CO3. The molecule has 2 aromatic carbocycles. The normalized spacial score (nSPS) is 35.1. The molecule has 1 amide bonds. The van der Waals surface area contributed by atoms with E-state index in [9.17, 15) is 14.1 Å². The fraction of sp³-hybridized carbons (Fsp3) is 0.548. The van der Waals surface area contributed by atoms with Crippen molar-refractivity contribution in [3.63, 3.8) is 0 Å². The number of β-amino-alcohol motifs (C(OH)–C–C–N with tert-alkyl or cyclic N) is 1. The van der Waals surface area contributed by atoms with Gasteiger partial charge in [-0.05, 0) is 111 Å². The van der Waals surface area contributed by atoms with Crippen LogP contribution in [0.3, 0.4) is 0 Å². The van der Waals surface area contributed by atoms with Crippen molar-refractivity contribution in [2.24, 2.45) is 17.8 Å². The zero-order chi connectivity index (χ0) is 37.7. The molecule has 3 aromatic rings. The molecule has 290 valence electrons. The van der Waals surface area contributed by atoms with Crippen molar-refractivity contribution < 1.29 is 23.6 Å². The first-order valence-corrected chi connectivity index (χ1v) is 21.8. The molecular formula is C42H54ClN5O5S. The summed E-state index contributed by atoms with van der Waals surface area (Å²) in [6, 6.07) is 11.9. The van der Waals surface area contributed by atoms with Crippen LogP contribution in [0.15, 0.2) is 67.3 Å². The molecular weight excluding hydrogens is 722 g/mol. The summed E-state index contributed by atoms with van der Waals surface area (Å²) < 4.78 is 31.6. The molecule has 2 fully saturated rings. The third-order valence-electron chi connectivity index (χ3n) is 13.2. The molecule has 12 heteroatoms. The first kappa shape index (κ1) is 37.6. The van der Waals surface area contributed by atoms with E-state index in [1.165, 1.54) is 11.1 Å². The lowest BCUT2D eigenvalue weighted by molar-refractivity contribution is -0.0954. The number of nitrogens with one attached hydrogen (secondary N) is 1. The van der Waals surface area contributed by atoms with Crippen LogP contribution in [-0.4, -0.2) is 98.4 Å². The topological polar surface area (TPSA) is 109 Å². The van der Waals surface area contributed by atoms with Crippen LogP contribution in [0.1, 0.15) is 67.4 Å². The van der Waals surface area contributed by atoms with Crippen LogP contribution in [0.4, 0.5) is 5.69 Å². The molecule has 1 unspecified atom stereocenters. The lowest BCUT2D eigenvalue weighted by Gasteiger charge is -2.51. The van der Waals surface area contributed by atoms with Crippen molar-refractivity contribution in [1.82, 2.24) is 19.2 Å². The number of hydrogen-bond acceptors (Lipinski definition) is 8. The van der Waals surface area contributed by atoms with Crippen molar-refractivity contribution in [2.45, 2.75) is 81.2 Å². The van der Waals surface area contributed by atoms with E-state index in [0.717, 1.165) is 61.7 Å². The van der Waals surface area contributed by atoms with Gasteiger partial charge in [-0.1, -0.05) is 36.7 Å². The number of rotatable bonds is 4. The van der Waals surface area contributed by atoms with Gasteiger partial charge < -0.3 is 24.0 Å². The Morgan fingerprint density at radius 2 is 2.06 bits per heavy atom. The van der Waals surface area contributed by atoms with Crippen LogP contribution < -0.4 is 14.4 Å². The Balaban J connectivity index is 1.18. The van der Waals surface area contributed by atoms with Gasteiger partial charge in [-0.3, -0.25) is 14.4 Å². The minimum absolute atomic E-state index is 0.00990. The van der Waals surface area contributed by atoms with Crippen LogP contribution in [0.25, 0.3) is 0 Å². The number of fused-ring (bicyclic) bond motifs is 4. The van der Waals surface area contributed by atoms with E-state index in [2.05, 4.69) is 48.2 Å². The van der Waals surface area contributed by atoms with Crippen molar-refractivity contribution in [2.75, 3.05) is 50.9 Å². The van der Waals surface area contributed by atoms with Gasteiger partial charge in [0.05, 0.1) is 53.2 Å². The smallest absolute Gasteiger partial charge is 0.262 e. The zero-order valence-electron chi connectivity index (χ0n) is 31.5. The number of morpholine rings is 1. The van der Waals surface area contributed by atoms with E-state index in [1.807, 2.05) is 50.6 Å². The standard InChI is InChI=1S/C42H54ClN5O5S/c1-29-6-4-15-42(50,26-47-18-19-52-24-35(47)23-46-17-16-44-28-46)37-11-8-33(37)22-48-25-41(14-5-7-31-20-34(43)10-12-36(31)41)27-53-39-13-9-32(21-38(39)48)40(49)45-54(3,51)30(29)2/h4,9-10,12-13,15-17,20-21,28-30,33,35,37,50H,3,5-8,11,14,18-19,22-27H2,1-2H3,(H,45,49,51)/b15-4+/t29-,30+,33-,35-,37+,41-,42+,54?/m0/s1. The van der Waals surface area contributed by atoms with E-state index in [1.54, 1.807) is 12.3 Å². The van der Waals surface area contributed by atoms with Gasteiger partial charge in [-0.25, -0.2) is 9.19 Å². The highest BCUT2D eigenvalue weighted by molar-refractivity contribution is 7.99. The number of allylic oxidation sites excluding steroid dienone is 1. The number of hydrogen-bond donors (Lipinski definition) is 2. The van der Waals surface area contributed by atoms with Crippen molar-refractivity contribution in [3.8, 4) is 5.75 Å². The fourth-order valence-electron chi connectivity index (χ4n) is 9.67. The van der Waals surface area contributed by atoms with Gasteiger partial charge in [0.15, 0.2) is 0 Å². The van der Waals surface area contributed by atoms with E-state index < -0.39 is 26.5 Å². The molecule has 0 radical (unpaired) electrons. The second kappa shape index (κ2) is 15.0. The van der Waals surface area contributed by atoms with Gasteiger partial charge in [-0.15, -0.1) is 0 Å². The van der Waals surface area contributed by atoms with Gasteiger partial charge in [0.1, 0.15) is 5.75 Å². The maximum absolute atomic E-state index is 14.0. The molecule has 8 atom stereocenters. The molecule has 54 heavy (non-hydrogen) atoms. The monoisotopic (exact) mass is 775 g/mol. The van der Waals surface area contributed by atoms with Crippen molar-refractivity contribution in [1.29, 1.82) is 0 Å². The Kier molecular flexibility index (Phi) is 10.4. The molecule has 4 heterocycles. The fourth-order valence-corrected chi connectivity index (χ4v) is 11.3. The third-order valence-corrected chi connectivity index (χ3v) is 15.6. The van der Waals surface area contributed by atoms with E-state index in [0.29, 0.717) is 51.4 Å². The molecule has 3 aliphatic heterocycles. The predicted octanol–water partition coefficient (Wildman–Crippen LogP) is 5.51. The van der Waals surface area contributed by atoms with Gasteiger partial charge in [0, 0.05) is 66.4 Å². The maximum atomic E-state index is 14.0. The Bertz CT molecular complexity index is 1990. The summed E-state index contributed by atoms with van der Waals surface area (Å²) in [7, 11) is -3.01. The number of aryl methyl sites for hydroxylation is 1. The van der Waals surface area contributed by atoms with Crippen LogP contribution in [0.2, 0.25) is 5.02 Å². The Hall–Kier alpha value is -3.35. The molecule has 2 N–H and O–H groups in total. The number of ether oxygens (including phenoxy) is 2. The first-order chi connectivity index (χ1) is 25.9. The van der Waals surface area contributed by atoms with Crippen LogP contribution in [0, 0.1) is 17.8 Å². The summed E-state index contributed by atoms with van der Waals surface area (Å²) in [5.74, 6) is 4.52. The number of aromatic nitrogens is 2. The molecule has 8 rings (SSSR count). The highest BCUT2D eigenvalue weighted by atomic mass is 35.5. The number of halogens is 1. The highest BCUT2D eigenvalue weighted by Gasteiger charge is 2.49. The number of carbonyl (C=O) groups is 1. The summed E-state index contributed by atoms with van der Waals surface area (Å²) in [4.78, 5) is 22.9. The molecule has 1 spiro atoms. The molecule has 1 saturated carbocycles. The predicted molar refractivity (Wildman–Crippen MR) is 215 cm³/mol.